The van der Waals surface area contributed by atoms with Gasteiger partial charge in [-0.25, -0.2) is 15.0 Å². The minimum absolute atomic E-state index is 0.818. The maximum Gasteiger partial charge on any atom is 0.181 e. The number of fused-ring (bicyclic) bond motifs is 1. The van der Waals surface area contributed by atoms with Crippen molar-refractivity contribution in [3.63, 3.8) is 0 Å². The standard InChI is InChI=1S/C12H9N3O/c1-8-10-3-2-9(12-5-16-7-15-12)4-11(10)14-6-13-8/h2-7H,1H3. The second-order valence-corrected chi connectivity index (χ2v) is 3.56. The number of nitrogens with zero attached hydrogens (tertiary/aromatic N) is 3. The highest BCUT2D eigenvalue weighted by atomic mass is 16.3. The van der Waals surface area contributed by atoms with Crippen molar-refractivity contribution in [2.75, 3.05) is 0 Å². The first-order valence-corrected chi connectivity index (χ1v) is 4.94. The molecule has 0 saturated heterocycles. The average molecular weight is 211 g/mol. The van der Waals surface area contributed by atoms with E-state index in [-0.39, 0.29) is 0 Å². The van der Waals surface area contributed by atoms with Gasteiger partial charge >= 0.3 is 0 Å². The van der Waals surface area contributed by atoms with E-state index in [1.54, 1.807) is 12.6 Å². The van der Waals surface area contributed by atoms with Crippen molar-refractivity contribution >= 4 is 10.9 Å². The van der Waals surface area contributed by atoms with E-state index in [2.05, 4.69) is 15.0 Å². The van der Waals surface area contributed by atoms with E-state index in [1.807, 2.05) is 25.1 Å². The molecule has 3 aromatic rings. The lowest BCUT2D eigenvalue weighted by atomic mass is 10.1. The highest BCUT2D eigenvalue weighted by Crippen LogP contribution is 2.22. The highest BCUT2D eigenvalue weighted by molar-refractivity contribution is 5.84. The summed E-state index contributed by atoms with van der Waals surface area (Å²) in [5.41, 5.74) is 3.72. The van der Waals surface area contributed by atoms with Gasteiger partial charge in [0.2, 0.25) is 0 Å². The van der Waals surface area contributed by atoms with Crippen LogP contribution in [-0.2, 0) is 0 Å². The molecule has 0 N–H and O–H groups in total. The molecule has 0 fully saturated rings. The van der Waals surface area contributed by atoms with Gasteiger partial charge in [0.25, 0.3) is 0 Å². The second-order valence-electron chi connectivity index (χ2n) is 3.56. The zero-order valence-electron chi connectivity index (χ0n) is 8.71. The fraction of sp³-hybridized carbons (Fsp3) is 0.0833. The Morgan fingerprint density at radius 2 is 2.06 bits per heavy atom. The maximum absolute atomic E-state index is 4.96. The lowest BCUT2D eigenvalue weighted by Crippen LogP contribution is -1.87. The Morgan fingerprint density at radius 3 is 2.88 bits per heavy atom. The normalized spacial score (nSPS) is 10.8. The minimum atomic E-state index is 0.818. The quantitative estimate of drug-likeness (QED) is 0.620. The van der Waals surface area contributed by atoms with Crippen LogP contribution in [0.4, 0.5) is 0 Å². The fourth-order valence-electron chi connectivity index (χ4n) is 1.71. The van der Waals surface area contributed by atoms with Crippen LogP contribution in [0.1, 0.15) is 5.69 Å². The Balaban J connectivity index is 2.24. The summed E-state index contributed by atoms with van der Waals surface area (Å²) in [6.07, 6.45) is 4.62. The molecule has 1 aromatic carbocycles. The molecule has 0 aliphatic heterocycles. The molecule has 0 bridgehead atoms. The average Bonchev–Trinajstić information content (AvgIpc) is 2.82. The highest BCUT2D eigenvalue weighted by Gasteiger charge is 2.04. The third kappa shape index (κ3) is 1.35. The molecular formula is C12H9N3O. The van der Waals surface area contributed by atoms with Gasteiger partial charge in [-0.05, 0) is 13.0 Å². The van der Waals surface area contributed by atoms with Crippen molar-refractivity contribution in [2.45, 2.75) is 6.92 Å². The molecule has 2 heterocycles. The topological polar surface area (TPSA) is 51.8 Å². The Labute approximate surface area is 92.0 Å². The first kappa shape index (κ1) is 9.03. The molecule has 2 aromatic heterocycles. The van der Waals surface area contributed by atoms with Gasteiger partial charge in [0.05, 0.1) is 5.52 Å². The van der Waals surface area contributed by atoms with Crippen LogP contribution in [0.3, 0.4) is 0 Å². The second kappa shape index (κ2) is 3.41. The summed E-state index contributed by atoms with van der Waals surface area (Å²) in [5.74, 6) is 0. The third-order valence-corrected chi connectivity index (χ3v) is 2.56. The molecule has 4 nitrogen and oxygen atoms in total. The summed E-state index contributed by atoms with van der Waals surface area (Å²) in [6, 6.07) is 5.99. The Morgan fingerprint density at radius 1 is 1.12 bits per heavy atom. The van der Waals surface area contributed by atoms with Crippen molar-refractivity contribution in [3.05, 3.63) is 42.9 Å². The molecule has 0 amide bonds. The van der Waals surface area contributed by atoms with E-state index in [1.165, 1.54) is 6.39 Å². The van der Waals surface area contributed by atoms with Gasteiger partial charge in [-0.15, -0.1) is 0 Å². The molecule has 0 saturated carbocycles. The molecule has 0 unspecified atom stereocenters. The molecule has 78 valence electrons. The largest absolute Gasteiger partial charge is 0.451 e. The van der Waals surface area contributed by atoms with E-state index in [0.29, 0.717) is 0 Å². The van der Waals surface area contributed by atoms with E-state index in [4.69, 9.17) is 4.42 Å². The Hall–Kier alpha value is -2.23. The Bertz CT molecular complexity index is 632. The fourth-order valence-corrected chi connectivity index (χ4v) is 1.71. The predicted octanol–water partition coefficient (Wildman–Crippen LogP) is 2.59. The summed E-state index contributed by atoms with van der Waals surface area (Å²) < 4.78 is 4.96. The molecule has 0 spiro atoms. The molecular weight excluding hydrogens is 202 g/mol. The number of aromatic nitrogens is 3. The molecule has 0 atom stereocenters. The van der Waals surface area contributed by atoms with Gasteiger partial charge in [0, 0.05) is 16.6 Å². The number of hydrogen-bond acceptors (Lipinski definition) is 4. The van der Waals surface area contributed by atoms with E-state index in [0.717, 1.165) is 27.9 Å². The van der Waals surface area contributed by atoms with E-state index in [9.17, 15) is 0 Å². The number of oxazole rings is 1. The van der Waals surface area contributed by atoms with Gasteiger partial charge in [-0.2, -0.15) is 0 Å². The molecule has 4 heteroatoms. The van der Waals surface area contributed by atoms with Crippen LogP contribution < -0.4 is 0 Å². The van der Waals surface area contributed by atoms with Gasteiger partial charge in [0.1, 0.15) is 18.3 Å². The van der Waals surface area contributed by atoms with Crippen LogP contribution in [0.5, 0.6) is 0 Å². The van der Waals surface area contributed by atoms with Crippen LogP contribution in [0.15, 0.2) is 41.6 Å². The van der Waals surface area contributed by atoms with Crippen molar-refractivity contribution in [2.24, 2.45) is 0 Å². The monoisotopic (exact) mass is 211 g/mol. The first-order valence-electron chi connectivity index (χ1n) is 4.94. The van der Waals surface area contributed by atoms with Crippen LogP contribution >= 0.6 is 0 Å². The molecule has 16 heavy (non-hydrogen) atoms. The molecule has 0 aliphatic carbocycles. The lowest BCUT2D eigenvalue weighted by Gasteiger charge is -2.01. The van der Waals surface area contributed by atoms with Gasteiger partial charge in [0.15, 0.2) is 6.39 Å². The van der Waals surface area contributed by atoms with E-state index >= 15 is 0 Å². The predicted molar refractivity (Wildman–Crippen MR) is 59.8 cm³/mol. The van der Waals surface area contributed by atoms with Crippen LogP contribution in [0.25, 0.3) is 22.2 Å². The van der Waals surface area contributed by atoms with Crippen molar-refractivity contribution in [1.29, 1.82) is 0 Å². The Kier molecular flexibility index (Phi) is 1.93. The summed E-state index contributed by atoms with van der Waals surface area (Å²) in [6.45, 7) is 1.97. The molecule has 0 aliphatic rings. The smallest absolute Gasteiger partial charge is 0.181 e. The van der Waals surface area contributed by atoms with Crippen LogP contribution in [-0.4, -0.2) is 15.0 Å². The summed E-state index contributed by atoms with van der Waals surface area (Å²) >= 11 is 0. The van der Waals surface area contributed by atoms with Gasteiger partial charge in [-0.1, -0.05) is 12.1 Å². The van der Waals surface area contributed by atoms with Crippen molar-refractivity contribution < 1.29 is 4.42 Å². The molecule has 3 rings (SSSR count). The van der Waals surface area contributed by atoms with E-state index < -0.39 is 0 Å². The zero-order chi connectivity index (χ0) is 11.0. The summed E-state index contributed by atoms with van der Waals surface area (Å²) in [4.78, 5) is 12.5. The number of benzene rings is 1. The van der Waals surface area contributed by atoms with Crippen molar-refractivity contribution in [3.8, 4) is 11.3 Å². The van der Waals surface area contributed by atoms with Crippen LogP contribution in [0.2, 0.25) is 0 Å². The van der Waals surface area contributed by atoms with Gasteiger partial charge in [-0.3, -0.25) is 0 Å². The first-order chi connectivity index (χ1) is 7.84. The van der Waals surface area contributed by atoms with Gasteiger partial charge < -0.3 is 4.42 Å². The SMILES string of the molecule is Cc1ncnc2cc(-c3cocn3)ccc12. The van der Waals surface area contributed by atoms with Crippen molar-refractivity contribution in [1.82, 2.24) is 15.0 Å². The number of rotatable bonds is 1. The maximum atomic E-state index is 4.96. The summed E-state index contributed by atoms with van der Waals surface area (Å²) in [7, 11) is 0. The number of hydrogen-bond donors (Lipinski definition) is 0. The lowest BCUT2D eigenvalue weighted by molar-refractivity contribution is 0.558. The summed E-state index contributed by atoms with van der Waals surface area (Å²) in [5, 5.41) is 1.06. The number of aryl methyl sites for hydroxylation is 1. The minimum Gasteiger partial charge on any atom is -0.451 e. The van der Waals surface area contributed by atoms with Crippen LogP contribution in [0, 0.1) is 6.92 Å². The zero-order valence-corrected chi connectivity index (χ0v) is 8.71. The molecule has 0 radical (unpaired) electrons. The third-order valence-electron chi connectivity index (χ3n) is 2.56.